The number of rotatable bonds is 3. The van der Waals surface area contributed by atoms with Gasteiger partial charge in [0.15, 0.2) is 0 Å². The van der Waals surface area contributed by atoms with Crippen molar-refractivity contribution in [2.45, 2.75) is 32.4 Å². The fraction of sp³-hybridized carbons (Fsp3) is 0.700. The van der Waals surface area contributed by atoms with Crippen molar-refractivity contribution in [2.24, 2.45) is 0 Å². The Balaban J connectivity index is 2.13. The van der Waals surface area contributed by atoms with E-state index in [4.69, 9.17) is 9.52 Å². The minimum Gasteiger partial charge on any atom is -0.447 e. The van der Waals surface area contributed by atoms with Crippen LogP contribution in [0.4, 0.5) is 0 Å². The molecule has 2 heterocycles. The molecule has 0 amide bonds. The molecular weight excluding hydrogens is 180 g/mol. The standard InChI is InChI=1S/C10H16N2O2/c1-2-12-5-3-4-9(12)10-11-8(6-13)7-14-10/h7,9,13H,2-6H2,1H3. The molecule has 14 heavy (non-hydrogen) atoms. The van der Waals surface area contributed by atoms with E-state index < -0.39 is 0 Å². The van der Waals surface area contributed by atoms with E-state index >= 15 is 0 Å². The topological polar surface area (TPSA) is 49.5 Å². The smallest absolute Gasteiger partial charge is 0.211 e. The summed E-state index contributed by atoms with van der Waals surface area (Å²) in [6.45, 7) is 4.26. The van der Waals surface area contributed by atoms with Crippen LogP contribution >= 0.6 is 0 Å². The van der Waals surface area contributed by atoms with Gasteiger partial charge in [-0.2, -0.15) is 0 Å². The maximum Gasteiger partial charge on any atom is 0.211 e. The van der Waals surface area contributed by atoms with Crippen LogP contribution in [0.2, 0.25) is 0 Å². The maximum atomic E-state index is 8.88. The molecule has 1 fully saturated rings. The third kappa shape index (κ3) is 1.67. The summed E-state index contributed by atoms with van der Waals surface area (Å²) in [5, 5.41) is 8.88. The van der Waals surface area contributed by atoms with E-state index in [0.29, 0.717) is 11.7 Å². The van der Waals surface area contributed by atoms with Crippen LogP contribution in [0, 0.1) is 0 Å². The van der Waals surface area contributed by atoms with Crippen LogP contribution in [-0.2, 0) is 6.61 Å². The Morgan fingerprint density at radius 1 is 1.71 bits per heavy atom. The fourth-order valence-electron chi connectivity index (χ4n) is 2.03. The highest BCUT2D eigenvalue weighted by molar-refractivity contribution is 5.01. The Morgan fingerprint density at radius 3 is 3.21 bits per heavy atom. The highest BCUT2D eigenvalue weighted by atomic mass is 16.3. The first kappa shape index (κ1) is 9.68. The summed E-state index contributed by atoms with van der Waals surface area (Å²) < 4.78 is 5.36. The molecule has 1 aliphatic heterocycles. The van der Waals surface area contributed by atoms with Crippen molar-refractivity contribution in [1.82, 2.24) is 9.88 Å². The molecule has 1 atom stereocenters. The molecule has 1 aromatic heterocycles. The Hall–Kier alpha value is -0.870. The van der Waals surface area contributed by atoms with Crippen molar-refractivity contribution in [3.8, 4) is 0 Å². The van der Waals surface area contributed by atoms with Gasteiger partial charge in [0.25, 0.3) is 0 Å². The van der Waals surface area contributed by atoms with Crippen molar-refractivity contribution < 1.29 is 9.52 Å². The number of hydrogen-bond acceptors (Lipinski definition) is 4. The van der Waals surface area contributed by atoms with Crippen LogP contribution in [-0.4, -0.2) is 28.1 Å². The van der Waals surface area contributed by atoms with Gasteiger partial charge in [0.2, 0.25) is 5.89 Å². The van der Waals surface area contributed by atoms with Crippen molar-refractivity contribution in [1.29, 1.82) is 0 Å². The van der Waals surface area contributed by atoms with Gasteiger partial charge in [-0.25, -0.2) is 4.98 Å². The first-order valence-electron chi connectivity index (χ1n) is 5.14. The lowest BCUT2D eigenvalue weighted by Crippen LogP contribution is -2.22. The number of aliphatic hydroxyl groups excluding tert-OH is 1. The number of likely N-dealkylation sites (tertiary alicyclic amines) is 1. The second-order valence-electron chi connectivity index (χ2n) is 3.62. The quantitative estimate of drug-likeness (QED) is 0.792. The number of aromatic nitrogens is 1. The van der Waals surface area contributed by atoms with Gasteiger partial charge in [-0.05, 0) is 25.9 Å². The summed E-state index contributed by atoms with van der Waals surface area (Å²) in [5.74, 6) is 0.758. The molecule has 1 saturated heterocycles. The Labute approximate surface area is 83.5 Å². The van der Waals surface area contributed by atoms with Gasteiger partial charge in [-0.15, -0.1) is 0 Å². The molecule has 0 saturated carbocycles. The molecule has 1 N–H and O–H groups in total. The van der Waals surface area contributed by atoms with Crippen LogP contribution in [0.25, 0.3) is 0 Å². The normalized spacial score (nSPS) is 23.1. The van der Waals surface area contributed by atoms with Crippen molar-refractivity contribution in [3.63, 3.8) is 0 Å². The molecule has 1 aliphatic rings. The summed E-state index contributed by atoms with van der Waals surface area (Å²) in [6, 6.07) is 0.320. The van der Waals surface area contributed by atoms with E-state index in [9.17, 15) is 0 Å². The highest BCUT2D eigenvalue weighted by Crippen LogP contribution is 2.30. The van der Waals surface area contributed by atoms with Gasteiger partial charge in [-0.3, -0.25) is 4.90 Å². The first-order chi connectivity index (χ1) is 6.85. The van der Waals surface area contributed by atoms with Gasteiger partial charge < -0.3 is 9.52 Å². The molecular formula is C10H16N2O2. The molecule has 0 spiro atoms. The third-order valence-electron chi connectivity index (χ3n) is 2.79. The minimum absolute atomic E-state index is 0.0393. The molecule has 0 radical (unpaired) electrons. The average Bonchev–Trinajstić information content (AvgIpc) is 2.85. The molecule has 0 aliphatic carbocycles. The Bertz CT molecular complexity index is 298. The average molecular weight is 196 g/mol. The molecule has 1 unspecified atom stereocenters. The monoisotopic (exact) mass is 196 g/mol. The summed E-state index contributed by atoms with van der Waals surface area (Å²) in [4.78, 5) is 6.60. The highest BCUT2D eigenvalue weighted by Gasteiger charge is 2.28. The van der Waals surface area contributed by atoms with E-state index in [2.05, 4.69) is 16.8 Å². The van der Waals surface area contributed by atoms with E-state index in [0.717, 1.165) is 25.4 Å². The van der Waals surface area contributed by atoms with Gasteiger partial charge in [-0.1, -0.05) is 6.92 Å². The SMILES string of the molecule is CCN1CCCC1c1nc(CO)co1. The lowest BCUT2D eigenvalue weighted by Gasteiger charge is -2.19. The maximum absolute atomic E-state index is 8.88. The van der Waals surface area contributed by atoms with Crippen LogP contribution < -0.4 is 0 Å². The van der Waals surface area contributed by atoms with Crippen LogP contribution in [0.3, 0.4) is 0 Å². The number of hydrogen-bond donors (Lipinski definition) is 1. The second kappa shape index (κ2) is 4.11. The molecule has 0 bridgehead atoms. The van der Waals surface area contributed by atoms with Crippen LogP contribution in [0.1, 0.15) is 37.4 Å². The lowest BCUT2D eigenvalue weighted by molar-refractivity contribution is 0.233. The minimum atomic E-state index is -0.0393. The Kier molecular flexibility index (Phi) is 2.84. The summed E-state index contributed by atoms with van der Waals surface area (Å²) in [5.41, 5.74) is 0.628. The summed E-state index contributed by atoms with van der Waals surface area (Å²) in [6.07, 6.45) is 3.86. The predicted octanol–water partition coefficient (Wildman–Crippen LogP) is 1.32. The lowest BCUT2D eigenvalue weighted by atomic mass is 10.2. The largest absolute Gasteiger partial charge is 0.447 e. The van der Waals surface area contributed by atoms with Crippen molar-refractivity contribution in [2.75, 3.05) is 13.1 Å². The number of oxazole rings is 1. The van der Waals surface area contributed by atoms with E-state index in [1.807, 2.05) is 0 Å². The zero-order valence-corrected chi connectivity index (χ0v) is 8.44. The number of nitrogens with zero attached hydrogens (tertiary/aromatic N) is 2. The first-order valence-corrected chi connectivity index (χ1v) is 5.14. The van der Waals surface area contributed by atoms with Gasteiger partial charge in [0.05, 0.1) is 12.6 Å². The summed E-state index contributed by atoms with van der Waals surface area (Å²) >= 11 is 0. The predicted molar refractivity (Wildman–Crippen MR) is 51.6 cm³/mol. The van der Waals surface area contributed by atoms with Crippen LogP contribution in [0.5, 0.6) is 0 Å². The molecule has 0 aromatic carbocycles. The van der Waals surface area contributed by atoms with E-state index in [1.165, 1.54) is 6.42 Å². The van der Waals surface area contributed by atoms with Gasteiger partial charge in [0.1, 0.15) is 12.0 Å². The Morgan fingerprint density at radius 2 is 2.57 bits per heavy atom. The van der Waals surface area contributed by atoms with E-state index in [1.54, 1.807) is 6.26 Å². The van der Waals surface area contributed by atoms with Crippen molar-refractivity contribution in [3.05, 3.63) is 17.8 Å². The third-order valence-corrected chi connectivity index (χ3v) is 2.79. The zero-order valence-electron chi connectivity index (χ0n) is 8.44. The second-order valence-corrected chi connectivity index (χ2v) is 3.62. The number of aliphatic hydroxyl groups is 1. The molecule has 4 nitrogen and oxygen atoms in total. The fourth-order valence-corrected chi connectivity index (χ4v) is 2.03. The molecule has 78 valence electrons. The molecule has 1 aromatic rings. The molecule has 4 heteroatoms. The van der Waals surface area contributed by atoms with Crippen molar-refractivity contribution >= 4 is 0 Å². The zero-order chi connectivity index (χ0) is 9.97. The van der Waals surface area contributed by atoms with Crippen LogP contribution in [0.15, 0.2) is 10.7 Å². The summed E-state index contributed by atoms with van der Waals surface area (Å²) in [7, 11) is 0. The van der Waals surface area contributed by atoms with Gasteiger partial charge >= 0.3 is 0 Å². The van der Waals surface area contributed by atoms with E-state index in [-0.39, 0.29) is 6.61 Å². The van der Waals surface area contributed by atoms with Gasteiger partial charge in [0, 0.05) is 0 Å². The molecule has 2 rings (SSSR count).